The molecular weight excluding hydrogens is 659 g/mol. The number of fused-ring (bicyclic) bond motifs is 4. The minimum absolute atomic E-state index is 0. The Hall–Kier alpha value is 0.900. The summed E-state index contributed by atoms with van der Waals surface area (Å²) in [5, 5.41) is 0. The molecule has 0 spiro atoms. The predicted octanol–water partition coefficient (Wildman–Crippen LogP) is 13.2. The van der Waals surface area contributed by atoms with Crippen molar-refractivity contribution in [3.8, 4) is 0 Å². The van der Waals surface area contributed by atoms with Crippen LogP contribution in [-0.2, 0) is 20.8 Å². The van der Waals surface area contributed by atoms with Gasteiger partial charge in [0.25, 0.3) is 0 Å². The molecule has 0 aliphatic heterocycles. The molecule has 1 aromatic rings. The summed E-state index contributed by atoms with van der Waals surface area (Å²) in [6.07, 6.45) is 21.8. The molecule has 0 nitrogen and oxygen atoms in total. The van der Waals surface area contributed by atoms with E-state index in [0.29, 0.717) is 0 Å². The first-order valence-corrected chi connectivity index (χ1v) is 27.4. The first-order valence-electron chi connectivity index (χ1n) is 17.9. The van der Waals surface area contributed by atoms with Crippen LogP contribution in [0.5, 0.6) is 0 Å². The van der Waals surface area contributed by atoms with Crippen molar-refractivity contribution in [3.63, 3.8) is 0 Å². The SMILES string of the molecule is CCCC(C)C1CC([Si](C)(C)C2CCC3C2CC2CCCC2C3c2ccccc2)C2CC3CCCC3CC12.[CH3-].[CH3-].[Cl][Zr+2][Cl]. The van der Waals surface area contributed by atoms with Crippen LogP contribution in [0, 0.1) is 74.0 Å². The van der Waals surface area contributed by atoms with E-state index >= 15 is 0 Å². The quantitative estimate of drug-likeness (QED) is 0.203. The van der Waals surface area contributed by atoms with Gasteiger partial charge in [-0.2, -0.15) is 0 Å². The molecule has 4 heteroatoms. The Morgan fingerprint density at radius 2 is 1.30 bits per heavy atom. The Bertz CT molecular complexity index is 985. The minimum atomic E-state index is -1.38. The molecule has 6 aliphatic rings. The zero-order valence-corrected chi connectivity index (χ0v) is 33.5. The zero-order chi connectivity index (χ0) is 28.7. The van der Waals surface area contributed by atoms with Crippen LogP contribution in [0.25, 0.3) is 0 Å². The van der Waals surface area contributed by atoms with E-state index in [1.165, 1.54) is 25.7 Å². The van der Waals surface area contributed by atoms with E-state index in [9.17, 15) is 0 Å². The maximum atomic E-state index is 4.93. The molecule has 13 unspecified atom stereocenters. The summed E-state index contributed by atoms with van der Waals surface area (Å²) in [4.78, 5) is 0. The molecule has 1 aromatic carbocycles. The molecule has 6 fully saturated rings. The third-order valence-electron chi connectivity index (χ3n) is 14.8. The Kier molecular flexibility index (Phi) is 13.6. The molecule has 0 radical (unpaired) electrons. The summed E-state index contributed by atoms with van der Waals surface area (Å²) >= 11 is -0.826. The van der Waals surface area contributed by atoms with Gasteiger partial charge in [-0.25, -0.2) is 0 Å². The van der Waals surface area contributed by atoms with Crippen molar-refractivity contribution in [2.24, 2.45) is 59.2 Å². The van der Waals surface area contributed by atoms with Crippen molar-refractivity contribution < 1.29 is 20.8 Å². The fourth-order valence-corrected chi connectivity index (χ4v) is 18.6. The summed E-state index contributed by atoms with van der Waals surface area (Å²) in [6, 6.07) is 11.9. The van der Waals surface area contributed by atoms with Crippen molar-refractivity contribution in [1.29, 1.82) is 0 Å². The van der Waals surface area contributed by atoms with Crippen LogP contribution in [0.15, 0.2) is 30.3 Å². The first kappa shape index (κ1) is 36.7. The summed E-state index contributed by atoms with van der Waals surface area (Å²) in [5.41, 5.74) is 3.94. The fraction of sp³-hybridized carbons (Fsp3) is 0.795. The van der Waals surface area contributed by atoms with Crippen LogP contribution in [0.1, 0.15) is 115 Å². The van der Waals surface area contributed by atoms with Crippen molar-refractivity contribution >= 4 is 25.1 Å². The summed E-state index contributed by atoms with van der Waals surface area (Å²) in [6.45, 7) is 11.0. The van der Waals surface area contributed by atoms with E-state index in [1.54, 1.807) is 69.8 Å². The second-order valence-electron chi connectivity index (χ2n) is 16.5. The average Bonchev–Trinajstić information content (AvgIpc) is 3.76. The first-order chi connectivity index (χ1) is 19.9. The summed E-state index contributed by atoms with van der Waals surface area (Å²) in [5.74, 6) is 11.4. The Morgan fingerprint density at radius 1 is 0.721 bits per heavy atom. The van der Waals surface area contributed by atoms with Crippen molar-refractivity contribution in [2.75, 3.05) is 0 Å². The van der Waals surface area contributed by atoms with Crippen LogP contribution >= 0.6 is 17.0 Å². The molecule has 0 bridgehead atoms. The molecule has 0 heterocycles. The van der Waals surface area contributed by atoms with Gasteiger partial charge in [0.1, 0.15) is 0 Å². The van der Waals surface area contributed by atoms with E-state index in [0.717, 1.165) is 76.2 Å². The van der Waals surface area contributed by atoms with Gasteiger partial charge in [0, 0.05) is 0 Å². The Morgan fingerprint density at radius 3 is 1.98 bits per heavy atom. The summed E-state index contributed by atoms with van der Waals surface area (Å²) in [7, 11) is 8.49. The van der Waals surface area contributed by atoms with E-state index in [2.05, 4.69) is 57.3 Å². The van der Waals surface area contributed by atoms with Crippen molar-refractivity contribution in [2.45, 2.75) is 134 Å². The molecular formula is C39H64Cl2SiZr. The van der Waals surface area contributed by atoms with Gasteiger partial charge in [-0.3, -0.25) is 0 Å². The van der Waals surface area contributed by atoms with Crippen molar-refractivity contribution in [1.82, 2.24) is 0 Å². The molecule has 13 atom stereocenters. The van der Waals surface area contributed by atoms with Crippen LogP contribution in [0.2, 0.25) is 24.2 Å². The molecule has 7 rings (SSSR count). The molecule has 0 aromatic heterocycles. The average molecular weight is 723 g/mol. The predicted molar refractivity (Wildman–Crippen MR) is 190 cm³/mol. The molecule has 0 N–H and O–H groups in total. The third-order valence-corrected chi connectivity index (χ3v) is 20.0. The molecule has 0 amide bonds. The molecule has 43 heavy (non-hydrogen) atoms. The second-order valence-corrected chi connectivity index (χ2v) is 25.3. The van der Waals surface area contributed by atoms with Crippen LogP contribution in [0.4, 0.5) is 0 Å². The van der Waals surface area contributed by atoms with Gasteiger partial charge in [-0.15, -0.1) is 0 Å². The summed E-state index contributed by atoms with van der Waals surface area (Å²) < 4.78 is 0. The molecule has 6 saturated carbocycles. The number of rotatable bonds is 6. The fourth-order valence-electron chi connectivity index (χ4n) is 13.3. The number of halogens is 2. The van der Waals surface area contributed by atoms with Gasteiger partial charge >= 0.3 is 37.9 Å². The molecule has 242 valence electrons. The Labute approximate surface area is 287 Å². The Balaban J connectivity index is 0.000000814. The monoisotopic (exact) mass is 720 g/mol. The van der Waals surface area contributed by atoms with Gasteiger partial charge in [0.15, 0.2) is 0 Å². The van der Waals surface area contributed by atoms with E-state index in [1.807, 2.05) is 0 Å². The normalized spacial score (nSPS) is 41.6. The van der Waals surface area contributed by atoms with Crippen LogP contribution < -0.4 is 0 Å². The van der Waals surface area contributed by atoms with Gasteiger partial charge in [-0.1, -0.05) is 109 Å². The van der Waals surface area contributed by atoms with Gasteiger partial charge in [-0.05, 0) is 120 Å². The van der Waals surface area contributed by atoms with Crippen LogP contribution in [-0.4, -0.2) is 8.07 Å². The zero-order valence-electron chi connectivity index (χ0n) is 28.5. The number of hydrogen-bond acceptors (Lipinski definition) is 0. The van der Waals surface area contributed by atoms with Crippen molar-refractivity contribution in [3.05, 3.63) is 50.7 Å². The molecule has 0 saturated heterocycles. The molecule has 6 aliphatic carbocycles. The van der Waals surface area contributed by atoms with Gasteiger partial charge in [0.2, 0.25) is 0 Å². The van der Waals surface area contributed by atoms with E-state index < -0.39 is 28.9 Å². The number of hydrogen-bond donors (Lipinski definition) is 0. The maximum absolute atomic E-state index is 4.93. The van der Waals surface area contributed by atoms with E-state index in [-0.39, 0.29) is 14.9 Å². The second kappa shape index (κ2) is 15.9. The van der Waals surface area contributed by atoms with E-state index in [4.69, 9.17) is 17.0 Å². The number of benzene rings is 1. The van der Waals surface area contributed by atoms with Gasteiger partial charge < -0.3 is 14.9 Å². The standard InChI is InChI=1S/C37H58Si.2CH3.2ClH.Zr/c1-5-11-24(2)31-23-36(34-21-27-15-9-14-26(27)20-32(31)34)38(3,4)35-19-18-30-33(35)22-28-16-10-17-29(28)37(30)25-12-7-6-8-13-25;;;;;/h6-8,12-13,24,26-37H,5,9-11,14-23H2,1-4H3;2*1H3;2*1H;/q;2*-1;;;+4/p-2. The third kappa shape index (κ3) is 7.05. The van der Waals surface area contributed by atoms with Crippen LogP contribution in [0.3, 0.4) is 0 Å². The van der Waals surface area contributed by atoms with Gasteiger partial charge in [0.05, 0.1) is 8.07 Å². The topological polar surface area (TPSA) is 0 Å².